The number of imide groups is 1. The molecule has 0 bridgehead atoms. The van der Waals surface area contributed by atoms with E-state index in [0.717, 1.165) is 10.5 Å². The minimum absolute atomic E-state index is 0.137. The number of carbonyl (C=O) groups is 2. The van der Waals surface area contributed by atoms with Crippen molar-refractivity contribution in [2.75, 3.05) is 7.11 Å². The van der Waals surface area contributed by atoms with E-state index in [2.05, 4.69) is 0 Å². The van der Waals surface area contributed by atoms with Crippen molar-refractivity contribution < 1.29 is 14.3 Å². The van der Waals surface area contributed by atoms with Crippen LogP contribution in [0.1, 0.15) is 11.1 Å². The Bertz CT molecular complexity index is 1130. The third-order valence-corrected chi connectivity index (χ3v) is 6.09. The molecule has 6 heteroatoms. The quantitative estimate of drug-likeness (QED) is 0.485. The molecule has 0 aliphatic carbocycles. The number of benzene rings is 3. The highest BCUT2D eigenvalue weighted by Crippen LogP contribution is 2.40. The molecule has 0 fully saturated rings. The van der Waals surface area contributed by atoms with Gasteiger partial charge in [0.25, 0.3) is 11.8 Å². The number of ether oxygens (including phenoxy) is 1. The highest BCUT2D eigenvalue weighted by Gasteiger charge is 2.39. The second-order valence-corrected chi connectivity index (χ2v) is 8.15. The summed E-state index contributed by atoms with van der Waals surface area (Å²) in [5, 5.41) is 0.569. The summed E-state index contributed by atoms with van der Waals surface area (Å²) < 4.78 is 5.39. The van der Waals surface area contributed by atoms with E-state index in [1.807, 2.05) is 54.6 Å². The fourth-order valence-corrected chi connectivity index (χ4v) is 4.43. The molecular formula is C24H18ClNO3S. The minimum atomic E-state index is -0.327. The summed E-state index contributed by atoms with van der Waals surface area (Å²) in [5.74, 6) is -0.00771. The number of para-hydroxylation sites is 1. The number of halogens is 1. The Morgan fingerprint density at radius 1 is 0.867 bits per heavy atom. The van der Waals surface area contributed by atoms with Gasteiger partial charge < -0.3 is 4.74 Å². The summed E-state index contributed by atoms with van der Waals surface area (Å²) in [7, 11) is 1.57. The maximum absolute atomic E-state index is 13.4. The number of hydrogen-bond acceptors (Lipinski definition) is 4. The van der Waals surface area contributed by atoms with Crippen molar-refractivity contribution in [3.8, 4) is 5.75 Å². The Morgan fingerprint density at radius 2 is 1.53 bits per heavy atom. The minimum Gasteiger partial charge on any atom is -0.496 e. The maximum Gasteiger partial charge on any atom is 0.268 e. The first kappa shape index (κ1) is 20.3. The summed E-state index contributed by atoms with van der Waals surface area (Å²) in [4.78, 5) is 29.3. The predicted molar refractivity (Wildman–Crippen MR) is 119 cm³/mol. The third kappa shape index (κ3) is 3.99. The number of nitrogens with zero attached hydrogens (tertiary/aromatic N) is 1. The average Bonchev–Trinajstić information content (AvgIpc) is 3.00. The summed E-state index contributed by atoms with van der Waals surface area (Å²) in [5.41, 5.74) is 1.82. The van der Waals surface area contributed by atoms with Crippen LogP contribution in [0.2, 0.25) is 5.02 Å². The van der Waals surface area contributed by atoms with Crippen molar-refractivity contribution in [1.82, 2.24) is 4.90 Å². The maximum atomic E-state index is 13.4. The van der Waals surface area contributed by atoms with Crippen molar-refractivity contribution in [1.29, 1.82) is 0 Å². The smallest absolute Gasteiger partial charge is 0.268 e. The third-order valence-electron chi connectivity index (χ3n) is 4.74. The lowest BCUT2D eigenvalue weighted by Gasteiger charge is -2.17. The predicted octanol–water partition coefficient (Wildman–Crippen LogP) is 5.42. The van der Waals surface area contributed by atoms with E-state index < -0.39 is 0 Å². The normalized spacial score (nSPS) is 13.9. The molecule has 2 amide bonds. The van der Waals surface area contributed by atoms with Gasteiger partial charge in [-0.2, -0.15) is 0 Å². The molecule has 4 rings (SSSR count). The van der Waals surface area contributed by atoms with Gasteiger partial charge in [-0.3, -0.25) is 14.5 Å². The topological polar surface area (TPSA) is 46.6 Å². The van der Waals surface area contributed by atoms with E-state index in [1.165, 1.54) is 16.7 Å². The second kappa shape index (κ2) is 8.78. The van der Waals surface area contributed by atoms with Gasteiger partial charge in [-0.25, -0.2) is 0 Å². The Morgan fingerprint density at radius 3 is 2.23 bits per heavy atom. The van der Waals surface area contributed by atoms with Gasteiger partial charge in [0.1, 0.15) is 5.75 Å². The van der Waals surface area contributed by atoms with Crippen LogP contribution in [0.15, 0.2) is 88.7 Å². The Kier molecular flexibility index (Phi) is 5.93. The van der Waals surface area contributed by atoms with E-state index in [9.17, 15) is 9.59 Å². The molecule has 30 heavy (non-hydrogen) atoms. The van der Waals surface area contributed by atoms with Crippen molar-refractivity contribution in [3.63, 3.8) is 0 Å². The van der Waals surface area contributed by atoms with E-state index in [0.29, 0.717) is 26.8 Å². The molecular weight excluding hydrogens is 418 g/mol. The summed E-state index contributed by atoms with van der Waals surface area (Å²) in [6.45, 7) is 0.137. The van der Waals surface area contributed by atoms with E-state index >= 15 is 0 Å². The van der Waals surface area contributed by atoms with E-state index in [1.54, 1.807) is 31.4 Å². The van der Waals surface area contributed by atoms with Crippen LogP contribution in [-0.4, -0.2) is 23.8 Å². The lowest BCUT2D eigenvalue weighted by Crippen LogP contribution is -2.31. The van der Waals surface area contributed by atoms with Gasteiger partial charge in [-0.05, 0) is 35.9 Å². The fourth-order valence-electron chi connectivity index (χ4n) is 3.27. The zero-order valence-corrected chi connectivity index (χ0v) is 17.7. The molecule has 0 N–H and O–H groups in total. The van der Waals surface area contributed by atoms with Crippen LogP contribution >= 0.6 is 23.4 Å². The number of carbonyl (C=O) groups excluding carboxylic acids is 2. The molecule has 4 nitrogen and oxygen atoms in total. The first-order chi connectivity index (χ1) is 14.6. The summed E-state index contributed by atoms with van der Waals surface area (Å²) in [6, 6.07) is 23.9. The highest BCUT2D eigenvalue weighted by atomic mass is 35.5. The zero-order chi connectivity index (χ0) is 21.1. The van der Waals surface area contributed by atoms with Crippen LogP contribution in [-0.2, 0) is 16.1 Å². The van der Waals surface area contributed by atoms with E-state index in [-0.39, 0.29) is 18.4 Å². The van der Waals surface area contributed by atoms with Crippen LogP contribution in [0.5, 0.6) is 5.75 Å². The molecule has 3 aromatic carbocycles. The van der Waals surface area contributed by atoms with Crippen molar-refractivity contribution in [2.24, 2.45) is 0 Å². The van der Waals surface area contributed by atoms with Gasteiger partial charge >= 0.3 is 0 Å². The Hall–Kier alpha value is -3.02. The molecule has 0 spiro atoms. The Labute approximate surface area is 184 Å². The number of thioether (sulfide) groups is 1. The molecule has 1 aliphatic heterocycles. The molecule has 3 aromatic rings. The largest absolute Gasteiger partial charge is 0.496 e. The lowest BCUT2D eigenvalue weighted by atomic mass is 10.1. The molecule has 1 aliphatic rings. The van der Waals surface area contributed by atoms with E-state index in [4.69, 9.17) is 16.3 Å². The molecule has 0 aromatic heterocycles. The van der Waals surface area contributed by atoms with Crippen LogP contribution < -0.4 is 4.74 Å². The fraction of sp³-hybridized carbons (Fsp3) is 0.0833. The molecule has 0 saturated carbocycles. The van der Waals surface area contributed by atoms with Gasteiger partial charge in [0.15, 0.2) is 0 Å². The molecule has 1 heterocycles. The van der Waals surface area contributed by atoms with Crippen LogP contribution in [0, 0.1) is 0 Å². The number of hydrogen-bond donors (Lipinski definition) is 0. The van der Waals surface area contributed by atoms with Gasteiger partial charge in [0, 0.05) is 15.5 Å². The van der Waals surface area contributed by atoms with Crippen LogP contribution in [0.4, 0.5) is 0 Å². The van der Waals surface area contributed by atoms with Crippen molar-refractivity contribution in [3.05, 3.63) is 99.9 Å². The standard InChI is InChI=1S/C24H18ClNO3S/c1-29-20-10-6-5-7-17(20)15-26-23(27)21(16-11-13-18(25)14-12-16)22(24(26)28)30-19-8-3-2-4-9-19/h2-14H,15H2,1H3. The van der Waals surface area contributed by atoms with Crippen LogP contribution in [0.3, 0.4) is 0 Å². The van der Waals surface area contributed by atoms with Crippen LogP contribution in [0.25, 0.3) is 5.57 Å². The summed E-state index contributed by atoms with van der Waals surface area (Å²) >= 11 is 7.32. The Balaban J connectivity index is 1.74. The summed E-state index contributed by atoms with van der Waals surface area (Å²) in [6.07, 6.45) is 0. The highest BCUT2D eigenvalue weighted by molar-refractivity contribution is 8.04. The van der Waals surface area contributed by atoms with Gasteiger partial charge in [-0.15, -0.1) is 0 Å². The molecule has 0 unspecified atom stereocenters. The van der Waals surface area contributed by atoms with Gasteiger partial charge in [-0.1, -0.05) is 71.9 Å². The van der Waals surface area contributed by atoms with Crippen molar-refractivity contribution in [2.45, 2.75) is 11.4 Å². The van der Waals surface area contributed by atoms with Gasteiger partial charge in [0.05, 0.1) is 24.1 Å². The zero-order valence-electron chi connectivity index (χ0n) is 16.2. The SMILES string of the molecule is COc1ccccc1CN1C(=O)C(Sc2ccccc2)=C(c2ccc(Cl)cc2)C1=O. The molecule has 0 radical (unpaired) electrons. The lowest BCUT2D eigenvalue weighted by molar-refractivity contribution is -0.137. The number of methoxy groups -OCH3 is 1. The monoisotopic (exact) mass is 435 g/mol. The van der Waals surface area contributed by atoms with Gasteiger partial charge in [0.2, 0.25) is 0 Å². The second-order valence-electron chi connectivity index (χ2n) is 6.63. The molecule has 0 atom stereocenters. The van der Waals surface area contributed by atoms with Crippen molar-refractivity contribution >= 4 is 40.8 Å². The first-order valence-corrected chi connectivity index (χ1v) is 10.5. The number of amides is 2. The average molecular weight is 436 g/mol. The first-order valence-electron chi connectivity index (χ1n) is 9.29. The molecule has 150 valence electrons. The molecule has 0 saturated heterocycles. The number of rotatable bonds is 6.